The van der Waals surface area contributed by atoms with Gasteiger partial charge in [-0.3, -0.25) is 19.3 Å². The van der Waals surface area contributed by atoms with Gasteiger partial charge < -0.3 is 5.32 Å². The molecule has 1 heterocycles. The lowest BCUT2D eigenvalue weighted by atomic mass is 10.2. The normalized spacial score (nSPS) is 15.5. The minimum atomic E-state index is -0.838. The minimum Gasteiger partial charge on any atom is -0.324 e. The molecule has 1 unspecified atom stereocenters. The van der Waals surface area contributed by atoms with Gasteiger partial charge in [-0.05, 0) is 43.3 Å². The number of imide groups is 1. The van der Waals surface area contributed by atoms with Gasteiger partial charge in [-0.25, -0.2) is 0 Å². The number of hydrogen-bond donors (Lipinski definition) is 1. The average molecular weight is 350 g/mol. The lowest BCUT2D eigenvalue weighted by molar-refractivity contribution is -0.144. The van der Waals surface area contributed by atoms with Crippen LogP contribution in [-0.4, -0.2) is 28.7 Å². The summed E-state index contributed by atoms with van der Waals surface area (Å²) in [5, 5.41) is 11.0. The Bertz CT molecular complexity index is 831. The maximum Gasteiger partial charge on any atom is 0.247 e. The maximum atomic E-state index is 12.3. The van der Waals surface area contributed by atoms with Gasteiger partial charge in [0.2, 0.25) is 17.7 Å². The van der Waals surface area contributed by atoms with Crippen molar-refractivity contribution in [3.8, 4) is 0 Å². The van der Waals surface area contributed by atoms with Crippen LogP contribution in [0.3, 0.4) is 0 Å². The zero-order valence-corrected chi connectivity index (χ0v) is 14.3. The van der Waals surface area contributed by atoms with Gasteiger partial charge in [-0.1, -0.05) is 18.2 Å². The quantitative estimate of drug-likeness (QED) is 0.660. The molecule has 132 valence electrons. The van der Waals surface area contributed by atoms with E-state index in [1.165, 1.54) is 0 Å². The smallest absolute Gasteiger partial charge is 0.247 e. The number of hydrogen-bond acceptors (Lipinski definition) is 5. The van der Waals surface area contributed by atoms with Gasteiger partial charge >= 0.3 is 0 Å². The number of rotatable bonds is 5. The predicted octanol–water partition coefficient (Wildman–Crippen LogP) is 3.58. The molecule has 0 aromatic heterocycles. The molecular formula is C19H18N4O3. The highest BCUT2D eigenvalue weighted by atomic mass is 16.2. The van der Waals surface area contributed by atoms with Crippen molar-refractivity contribution in [2.75, 3.05) is 5.32 Å². The van der Waals surface area contributed by atoms with E-state index < -0.39 is 11.9 Å². The summed E-state index contributed by atoms with van der Waals surface area (Å²) in [6.07, 6.45) is 0.329. The molecule has 1 atom stereocenters. The minimum absolute atomic E-state index is 0.164. The SMILES string of the molecule is CC(C(=O)Nc1ccc(N=Nc2ccccc2)cc1)N1C(=O)CCC1=O. The first-order valence-corrected chi connectivity index (χ1v) is 8.27. The zero-order valence-electron chi connectivity index (χ0n) is 14.3. The second-order valence-corrected chi connectivity index (χ2v) is 5.91. The number of likely N-dealkylation sites (tertiary alicyclic amines) is 1. The van der Waals surface area contributed by atoms with E-state index in [-0.39, 0.29) is 24.7 Å². The van der Waals surface area contributed by atoms with Crippen LogP contribution >= 0.6 is 0 Å². The molecule has 1 saturated heterocycles. The molecule has 7 nitrogen and oxygen atoms in total. The van der Waals surface area contributed by atoms with E-state index in [4.69, 9.17) is 0 Å². The third kappa shape index (κ3) is 4.00. The molecule has 2 aromatic carbocycles. The van der Waals surface area contributed by atoms with E-state index >= 15 is 0 Å². The second kappa shape index (κ2) is 7.69. The van der Waals surface area contributed by atoms with Crippen molar-refractivity contribution in [2.24, 2.45) is 10.2 Å². The van der Waals surface area contributed by atoms with Crippen molar-refractivity contribution in [3.05, 3.63) is 54.6 Å². The Morgan fingerprint density at radius 2 is 1.46 bits per heavy atom. The molecular weight excluding hydrogens is 332 g/mol. The topological polar surface area (TPSA) is 91.2 Å². The summed E-state index contributed by atoms with van der Waals surface area (Å²) in [5.41, 5.74) is 1.95. The number of carbonyl (C=O) groups is 3. The van der Waals surface area contributed by atoms with Crippen molar-refractivity contribution in [1.29, 1.82) is 0 Å². The number of amides is 3. The van der Waals surface area contributed by atoms with Crippen LogP contribution in [0.5, 0.6) is 0 Å². The van der Waals surface area contributed by atoms with Gasteiger partial charge in [-0.2, -0.15) is 10.2 Å². The third-order valence-corrected chi connectivity index (χ3v) is 4.03. The predicted molar refractivity (Wildman–Crippen MR) is 96.2 cm³/mol. The Morgan fingerprint density at radius 3 is 2.04 bits per heavy atom. The van der Waals surface area contributed by atoms with Crippen molar-refractivity contribution in [2.45, 2.75) is 25.8 Å². The fourth-order valence-electron chi connectivity index (χ4n) is 2.61. The van der Waals surface area contributed by atoms with Gasteiger partial charge in [0.15, 0.2) is 0 Å². The fraction of sp³-hybridized carbons (Fsp3) is 0.211. The Kier molecular flexibility index (Phi) is 5.17. The number of azo groups is 1. The number of anilines is 1. The first-order valence-electron chi connectivity index (χ1n) is 8.27. The van der Waals surface area contributed by atoms with Crippen molar-refractivity contribution in [1.82, 2.24) is 4.90 Å². The zero-order chi connectivity index (χ0) is 18.5. The van der Waals surface area contributed by atoms with Crippen LogP contribution in [0.4, 0.5) is 17.1 Å². The van der Waals surface area contributed by atoms with Gasteiger partial charge in [0, 0.05) is 18.5 Å². The third-order valence-electron chi connectivity index (χ3n) is 4.03. The molecule has 3 rings (SSSR count). The molecule has 0 aliphatic carbocycles. The molecule has 0 spiro atoms. The summed E-state index contributed by atoms with van der Waals surface area (Å²) in [5.74, 6) is -1.03. The fourth-order valence-corrected chi connectivity index (χ4v) is 2.61. The van der Waals surface area contributed by atoms with E-state index in [1.54, 1.807) is 31.2 Å². The number of nitrogens with zero attached hydrogens (tertiary/aromatic N) is 3. The van der Waals surface area contributed by atoms with E-state index in [9.17, 15) is 14.4 Å². The highest BCUT2D eigenvalue weighted by molar-refractivity contribution is 6.07. The lowest BCUT2D eigenvalue weighted by Crippen LogP contribution is -2.44. The van der Waals surface area contributed by atoms with Crippen LogP contribution in [0, 0.1) is 0 Å². The molecule has 1 fully saturated rings. The van der Waals surface area contributed by atoms with E-state index in [1.807, 2.05) is 30.3 Å². The summed E-state index contributed by atoms with van der Waals surface area (Å²) in [6, 6.07) is 15.3. The first-order chi connectivity index (χ1) is 12.5. The molecule has 0 bridgehead atoms. The molecule has 1 aliphatic heterocycles. The molecule has 2 aromatic rings. The first kappa shape index (κ1) is 17.5. The summed E-state index contributed by atoms with van der Waals surface area (Å²) >= 11 is 0. The van der Waals surface area contributed by atoms with E-state index in [2.05, 4.69) is 15.5 Å². The molecule has 1 aliphatic rings. The number of nitrogens with one attached hydrogen (secondary N) is 1. The van der Waals surface area contributed by atoms with Crippen LogP contribution in [0.25, 0.3) is 0 Å². The van der Waals surface area contributed by atoms with Gasteiger partial charge in [0.1, 0.15) is 6.04 Å². The van der Waals surface area contributed by atoms with Gasteiger partial charge in [0.25, 0.3) is 0 Å². The monoisotopic (exact) mass is 350 g/mol. The molecule has 26 heavy (non-hydrogen) atoms. The van der Waals surface area contributed by atoms with Crippen LogP contribution in [0.2, 0.25) is 0 Å². The van der Waals surface area contributed by atoms with E-state index in [0.29, 0.717) is 11.4 Å². The molecule has 0 radical (unpaired) electrons. The summed E-state index contributed by atoms with van der Waals surface area (Å²) in [7, 11) is 0. The standard InChI is InChI=1S/C19H18N4O3/c1-13(23-17(24)11-12-18(23)25)19(26)20-14-7-9-16(10-8-14)22-21-15-5-3-2-4-6-15/h2-10,13H,11-12H2,1H3,(H,20,26). The second-order valence-electron chi connectivity index (χ2n) is 5.91. The van der Waals surface area contributed by atoms with Crippen LogP contribution in [-0.2, 0) is 14.4 Å². The van der Waals surface area contributed by atoms with Crippen LogP contribution < -0.4 is 5.32 Å². The number of carbonyl (C=O) groups excluding carboxylic acids is 3. The van der Waals surface area contributed by atoms with Crippen LogP contribution in [0.1, 0.15) is 19.8 Å². The Morgan fingerprint density at radius 1 is 0.923 bits per heavy atom. The Balaban J connectivity index is 1.62. The van der Waals surface area contributed by atoms with Crippen molar-refractivity contribution < 1.29 is 14.4 Å². The van der Waals surface area contributed by atoms with Crippen molar-refractivity contribution >= 4 is 34.8 Å². The summed E-state index contributed by atoms with van der Waals surface area (Å²) in [4.78, 5) is 36.8. The largest absolute Gasteiger partial charge is 0.324 e. The molecule has 0 saturated carbocycles. The summed E-state index contributed by atoms with van der Waals surface area (Å²) < 4.78 is 0. The van der Waals surface area contributed by atoms with Gasteiger partial charge in [0.05, 0.1) is 11.4 Å². The Labute approximate surface area is 150 Å². The van der Waals surface area contributed by atoms with Crippen LogP contribution in [0.15, 0.2) is 64.8 Å². The maximum absolute atomic E-state index is 12.3. The molecule has 1 N–H and O–H groups in total. The van der Waals surface area contributed by atoms with E-state index in [0.717, 1.165) is 10.6 Å². The number of benzene rings is 2. The molecule has 7 heteroatoms. The average Bonchev–Trinajstić information content (AvgIpc) is 2.99. The highest BCUT2D eigenvalue weighted by Crippen LogP contribution is 2.21. The van der Waals surface area contributed by atoms with Crippen molar-refractivity contribution in [3.63, 3.8) is 0 Å². The Hall–Kier alpha value is -3.35. The van der Waals surface area contributed by atoms with Gasteiger partial charge in [-0.15, -0.1) is 0 Å². The highest BCUT2D eigenvalue weighted by Gasteiger charge is 2.36. The summed E-state index contributed by atoms with van der Waals surface area (Å²) in [6.45, 7) is 1.54. The molecule has 3 amide bonds. The lowest BCUT2D eigenvalue weighted by Gasteiger charge is -2.21.